The van der Waals surface area contributed by atoms with Crippen molar-refractivity contribution in [3.8, 4) is 23.0 Å². The third-order valence-electron chi connectivity index (χ3n) is 4.76. The van der Waals surface area contributed by atoms with Gasteiger partial charge in [-0.05, 0) is 28.7 Å². The largest absolute Gasteiger partial charge is 0.508 e. The fourth-order valence-electron chi connectivity index (χ4n) is 3.25. The van der Waals surface area contributed by atoms with Gasteiger partial charge in [0.25, 0.3) is 0 Å². The van der Waals surface area contributed by atoms with E-state index in [1.807, 2.05) is 24.3 Å². The summed E-state index contributed by atoms with van der Waals surface area (Å²) in [6.45, 7) is 6.41. The number of phenolic OH excluding ortho intramolecular Hbond substituents is 4. The zero-order chi connectivity index (χ0) is 19.8. The van der Waals surface area contributed by atoms with Gasteiger partial charge in [0.2, 0.25) is 0 Å². The molecule has 0 heterocycles. The van der Waals surface area contributed by atoms with E-state index >= 15 is 0 Å². The van der Waals surface area contributed by atoms with E-state index in [2.05, 4.69) is 20.8 Å². The summed E-state index contributed by atoms with van der Waals surface area (Å²) in [5.74, 6) is -0.652. The Morgan fingerprint density at radius 3 is 1.44 bits per heavy atom. The Hall–Kier alpha value is -3.14. The van der Waals surface area contributed by atoms with Crippen LogP contribution in [0.5, 0.6) is 23.0 Å². The van der Waals surface area contributed by atoms with Crippen molar-refractivity contribution >= 4 is 0 Å². The maximum atomic E-state index is 10.4. The lowest BCUT2D eigenvalue weighted by Gasteiger charge is -2.23. The van der Waals surface area contributed by atoms with Crippen LogP contribution in [0.2, 0.25) is 0 Å². The molecule has 4 nitrogen and oxygen atoms in total. The van der Waals surface area contributed by atoms with E-state index in [4.69, 9.17) is 0 Å². The summed E-state index contributed by atoms with van der Waals surface area (Å²) in [6, 6.07) is 16.9. The minimum absolute atomic E-state index is 0.00930. The normalized spacial score (nSPS) is 11.7. The maximum Gasteiger partial charge on any atom is 0.123 e. The quantitative estimate of drug-likeness (QED) is 0.494. The molecule has 0 radical (unpaired) electrons. The van der Waals surface area contributed by atoms with E-state index in [0.29, 0.717) is 11.1 Å². The van der Waals surface area contributed by atoms with Crippen LogP contribution < -0.4 is 0 Å². The minimum atomic E-state index is -0.458. The molecule has 0 unspecified atom stereocenters. The molecule has 3 aromatic rings. The maximum absolute atomic E-state index is 10.4. The molecule has 0 aliphatic rings. The van der Waals surface area contributed by atoms with Crippen molar-refractivity contribution < 1.29 is 20.4 Å². The number of hydrogen-bond acceptors (Lipinski definition) is 4. The molecule has 3 rings (SSSR count). The molecule has 0 aromatic heterocycles. The molecule has 4 N–H and O–H groups in total. The van der Waals surface area contributed by atoms with Crippen LogP contribution >= 0.6 is 0 Å². The fraction of sp³-hybridized carbons (Fsp3) is 0.217. The standard InChI is InChI=1S/C23H24O4/c1-23(2,3)15-6-4-14(5-7-15)22(18-10-8-16(24)12-20(18)26)19-11-9-17(25)13-21(19)27/h4-13,22,24-27H,1-3H3. The van der Waals surface area contributed by atoms with E-state index in [1.165, 1.54) is 29.8 Å². The van der Waals surface area contributed by atoms with Gasteiger partial charge in [0.15, 0.2) is 0 Å². The Morgan fingerprint density at radius 2 is 1.07 bits per heavy atom. The van der Waals surface area contributed by atoms with Crippen LogP contribution in [0.4, 0.5) is 0 Å². The second-order valence-corrected chi connectivity index (χ2v) is 7.79. The molecule has 0 atom stereocenters. The Labute approximate surface area is 159 Å². The highest BCUT2D eigenvalue weighted by Gasteiger charge is 2.24. The van der Waals surface area contributed by atoms with Crippen molar-refractivity contribution in [3.63, 3.8) is 0 Å². The van der Waals surface area contributed by atoms with E-state index in [-0.39, 0.29) is 28.4 Å². The van der Waals surface area contributed by atoms with Crippen molar-refractivity contribution in [3.05, 3.63) is 82.9 Å². The van der Waals surface area contributed by atoms with Crippen molar-refractivity contribution in [2.24, 2.45) is 0 Å². The summed E-state index contributed by atoms with van der Waals surface area (Å²) >= 11 is 0. The van der Waals surface area contributed by atoms with Crippen LogP contribution in [-0.2, 0) is 5.41 Å². The number of aromatic hydroxyl groups is 4. The third-order valence-corrected chi connectivity index (χ3v) is 4.76. The minimum Gasteiger partial charge on any atom is -0.508 e. The van der Waals surface area contributed by atoms with Crippen LogP contribution in [0.15, 0.2) is 60.7 Å². The molecule has 0 aliphatic carbocycles. The Kier molecular flexibility index (Phi) is 4.75. The SMILES string of the molecule is CC(C)(C)c1ccc(C(c2ccc(O)cc2O)c2ccc(O)cc2O)cc1. The molecule has 27 heavy (non-hydrogen) atoms. The predicted molar refractivity (Wildman–Crippen MR) is 106 cm³/mol. The third kappa shape index (κ3) is 3.85. The fourth-order valence-corrected chi connectivity index (χ4v) is 3.25. The Bertz CT molecular complexity index is 902. The van der Waals surface area contributed by atoms with Crippen molar-refractivity contribution in [2.45, 2.75) is 32.1 Å². The summed E-state index contributed by atoms with van der Waals surface area (Å²) in [6.07, 6.45) is 0. The van der Waals surface area contributed by atoms with Crippen LogP contribution in [-0.4, -0.2) is 20.4 Å². The highest BCUT2D eigenvalue weighted by molar-refractivity contribution is 5.55. The van der Waals surface area contributed by atoms with Gasteiger partial charge in [-0.3, -0.25) is 0 Å². The summed E-state index contributed by atoms with van der Waals surface area (Å²) in [7, 11) is 0. The molecule has 0 amide bonds. The van der Waals surface area contributed by atoms with Gasteiger partial charge in [-0.1, -0.05) is 57.2 Å². The van der Waals surface area contributed by atoms with Gasteiger partial charge in [0.05, 0.1) is 0 Å². The van der Waals surface area contributed by atoms with Crippen LogP contribution in [0.1, 0.15) is 48.9 Å². The monoisotopic (exact) mass is 364 g/mol. The molecule has 0 saturated carbocycles. The number of rotatable bonds is 3. The van der Waals surface area contributed by atoms with Crippen LogP contribution in [0.3, 0.4) is 0 Å². The average molecular weight is 364 g/mol. The molecule has 3 aromatic carbocycles. The average Bonchev–Trinajstić information content (AvgIpc) is 2.58. The molecular weight excluding hydrogens is 340 g/mol. The summed E-state index contributed by atoms with van der Waals surface area (Å²) < 4.78 is 0. The lowest BCUT2D eigenvalue weighted by Crippen LogP contribution is -2.11. The molecule has 0 fully saturated rings. The Morgan fingerprint density at radius 1 is 0.630 bits per heavy atom. The topological polar surface area (TPSA) is 80.9 Å². The first kappa shape index (κ1) is 18.6. The number of hydrogen-bond donors (Lipinski definition) is 4. The number of benzene rings is 3. The van der Waals surface area contributed by atoms with E-state index < -0.39 is 5.92 Å². The van der Waals surface area contributed by atoms with Gasteiger partial charge in [0, 0.05) is 29.2 Å². The second kappa shape index (κ2) is 6.88. The highest BCUT2D eigenvalue weighted by Crippen LogP contribution is 2.42. The molecule has 140 valence electrons. The first-order chi connectivity index (χ1) is 12.7. The smallest absolute Gasteiger partial charge is 0.123 e. The van der Waals surface area contributed by atoms with E-state index in [0.717, 1.165) is 5.56 Å². The van der Waals surface area contributed by atoms with Gasteiger partial charge in [-0.15, -0.1) is 0 Å². The van der Waals surface area contributed by atoms with Gasteiger partial charge in [0.1, 0.15) is 23.0 Å². The van der Waals surface area contributed by atoms with E-state index in [9.17, 15) is 20.4 Å². The van der Waals surface area contributed by atoms with Gasteiger partial charge >= 0.3 is 0 Å². The number of phenols is 4. The van der Waals surface area contributed by atoms with Crippen molar-refractivity contribution in [2.75, 3.05) is 0 Å². The van der Waals surface area contributed by atoms with Crippen LogP contribution in [0, 0.1) is 0 Å². The summed E-state index contributed by atoms with van der Waals surface area (Å²) in [5.41, 5.74) is 3.17. The summed E-state index contributed by atoms with van der Waals surface area (Å²) in [5, 5.41) is 40.1. The molecule has 0 bridgehead atoms. The highest BCUT2D eigenvalue weighted by atomic mass is 16.3. The Balaban J connectivity index is 2.18. The van der Waals surface area contributed by atoms with Gasteiger partial charge in [-0.2, -0.15) is 0 Å². The first-order valence-electron chi connectivity index (χ1n) is 8.81. The van der Waals surface area contributed by atoms with Crippen LogP contribution in [0.25, 0.3) is 0 Å². The van der Waals surface area contributed by atoms with Crippen molar-refractivity contribution in [1.82, 2.24) is 0 Å². The summed E-state index contributed by atoms with van der Waals surface area (Å²) in [4.78, 5) is 0. The molecule has 4 heteroatoms. The predicted octanol–water partition coefficient (Wildman–Crippen LogP) is 4.99. The first-order valence-corrected chi connectivity index (χ1v) is 8.81. The van der Waals surface area contributed by atoms with Gasteiger partial charge < -0.3 is 20.4 Å². The zero-order valence-corrected chi connectivity index (χ0v) is 15.6. The molecule has 0 spiro atoms. The molecule has 0 saturated heterocycles. The lowest BCUT2D eigenvalue weighted by atomic mass is 9.81. The second-order valence-electron chi connectivity index (χ2n) is 7.79. The molecular formula is C23H24O4. The van der Waals surface area contributed by atoms with E-state index in [1.54, 1.807) is 12.1 Å². The zero-order valence-electron chi connectivity index (χ0n) is 15.6. The molecule has 0 aliphatic heterocycles. The van der Waals surface area contributed by atoms with Gasteiger partial charge in [-0.25, -0.2) is 0 Å². The lowest BCUT2D eigenvalue weighted by molar-refractivity contribution is 0.440. The van der Waals surface area contributed by atoms with Crippen molar-refractivity contribution in [1.29, 1.82) is 0 Å².